The molecule has 0 bridgehead atoms. The summed E-state index contributed by atoms with van der Waals surface area (Å²) in [7, 11) is 3.28. The third-order valence-electron chi connectivity index (χ3n) is 5.68. The first kappa shape index (κ1) is 22.4. The van der Waals surface area contributed by atoms with Crippen LogP contribution in [0.1, 0.15) is 18.4 Å². The minimum atomic E-state index is -0.105. The van der Waals surface area contributed by atoms with Gasteiger partial charge in [-0.25, -0.2) is 4.98 Å². The first-order chi connectivity index (χ1) is 16.1. The van der Waals surface area contributed by atoms with E-state index >= 15 is 0 Å². The van der Waals surface area contributed by atoms with Gasteiger partial charge in [0.15, 0.2) is 0 Å². The molecule has 1 aliphatic heterocycles. The second-order valence-electron chi connectivity index (χ2n) is 7.95. The lowest BCUT2D eigenvalue weighted by Crippen LogP contribution is -2.43. The summed E-state index contributed by atoms with van der Waals surface area (Å²) < 4.78 is 10.5. The molecule has 33 heavy (non-hydrogen) atoms. The maximum Gasteiger partial charge on any atom is 0.227 e. The van der Waals surface area contributed by atoms with Gasteiger partial charge < -0.3 is 25.0 Å². The number of hydrogen-bond donors (Lipinski definition) is 2. The van der Waals surface area contributed by atoms with Crippen LogP contribution in [0.25, 0.3) is 0 Å². The van der Waals surface area contributed by atoms with E-state index in [9.17, 15) is 4.79 Å². The first-order valence-electron chi connectivity index (χ1n) is 11.0. The second-order valence-corrected chi connectivity index (χ2v) is 7.95. The molecule has 172 valence electrons. The van der Waals surface area contributed by atoms with Crippen molar-refractivity contribution >= 4 is 23.4 Å². The predicted molar refractivity (Wildman–Crippen MR) is 128 cm³/mol. The Kier molecular flexibility index (Phi) is 7.24. The number of benzene rings is 2. The third-order valence-corrected chi connectivity index (χ3v) is 5.68. The summed E-state index contributed by atoms with van der Waals surface area (Å²) in [4.78, 5) is 24.0. The van der Waals surface area contributed by atoms with E-state index in [4.69, 9.17) is 9.47 Å². The van der Waals surface area contributed by atoms with E-state index in [-0.39, 0.29) is 11.8 Å². The largest absolute Gasteiger partial charge is 0.497 e. The zero-order chi connectivity index (χ0) is 23.0. The fraction of sp³-hybridized carbons (Fsp3) is 0.320. The quantitative estimate of drug-likeness (QED) is 0.543. The van der Waals surface area contributed by atoms with Crippen molar-refractivity contribution in [3.05, 3.63) is 66.4 Å². The standard InChI is InChI=1S/C25H29N5O3/c1-32-21-10-8-20(9-11-21)28-23-12-13-26-25(29-23)30-14-4-6-19(17-30)24(31)27-16-18-5-3-7-22(15-18)33-2/h3,5,7-13,15,19H,4,6,14,16-17H2,1-2H3,(H,27,31)(H,26,28,29). The Morgan fingerprint density at radius 2 is 1.91 bits per heavy atom. The number of anilines is 3. The first-order valence-corrected chi connectivity index (χ1v) is 11.0. The van der Waals surface area contributed by atoms with Gasteiger partial charge in [0.05, 0.1) is 20.1 Å². The number of nitrogens with one attached hydrogen (secondary N) is 2. The Bertz CT molecular complexity index is 1070. The molecule has 2 heterocycles. The normalized spacial score (nSPS) is 15.6. The molecule has 0 aliphatic carbocycles. The van der Waals surface area contributed by atoms with E-state index in [1.807, 2.05) is 54.6 Å². The smallest absolute Gasteiger partial charge is 0.227 e. The molecule has 1 unspecified atom stereocenters. The van der Waals surface area contributed by atoms with Crippen LogP contribution in [-0.2, 0) is 11.3 Å². The maximum atomic E-state index is 12.8. The summed E-state index contributed by atoms with van der Waals surface area (Å²) in [5.41, 5.74) is 1.92. The summed E-state index contributed by atoms with van der Waals surface area (Å²) in [6.07, 6.45) is 3.50. The van der Waals surface area contributed by atoms with Crippen LogP contribution in [0.4, 0.5) is 17.5 Å². The van der Waals surface area contributed by atoms with Gasteiger partial charge in [0.25, 0.3) is 0 Å². The fourth-order valence-corrected chi connectivity index (χ4v) is 3.88. The summed E-state index contributed by atoms with van der Waals surface area (Å²) in [5, 5.41) is 6.35. The topological polar surface area (TPSA) is 88.6 Å². The molecule has 1 amide bonds. The Morgan fingerprint density at radius 1 is 1.09 bits per heavy atom. The van der Waals surface area contributed by atoms with Crippen LogP contribution in [0.2, 0.25) is 0 Å². The van der Waals surface area contributed by atoms with Crippen molar-refractivity contribution in [2.75, 3.05) is 37.5 Å². The van der Waals surface area contributed by atoms with Crippen molar-refractivity contribution in [1.82, 2.24) is 15.3 Å². The van der Waals surface area contributed by atoms with E-state index in [1.165, 1.54) is 0 Å². The van der Waals surface area contributed by atoms with Crippen molar-refractivity contribution < 1.29 is 14.3 Å². The molecular weight excluding hydrogens is 418 g/mol. The molecule has 1 aliphatic rings. The van der Waals surface area contributed by atoms with Crippen LogP contribution < -0.4 is 25.0 Å². The highest BCUT2D eigenvalue weighted by molar-refractivity contribution is 5.79. The Morgan fingerprint density at radius 3 is 2.70 bits per heavy atom. The van der Waals surface area contributed by atoms with E-state index in [1.54, 1.807) is 20.4 Å². The van der Waals surface area contributed by atoms with Gasteiger partial charge in [-0.3, -0.25) is 4.79 Å². The molecule has 8 heteroatoms. The van der Waals surface area contributed by atoms with Crippen LogP contribution in [-0.4, -0.2) is 43.2 Å². The molecule has 0 spiro atoms. The maximum absolute atomic E-state index is 12.8. The molecule has 1 atom stereocenters. The van der Waals surface area contributed by atoms with E-state index < -0.39 is 0 Å². The lowest BCUT2D eigenvalue weighted by molar-refractivity contribution is -0.125. The highest BCUT2D eigenvalue weighted by Crippen LogP contribution is 2.23. The zero-order valence-electron chi connectivity index (χ0n) is 19.0. The fourth-order valence-electron chi connectivity index (χ4n) is 3.88. The lowest BCUT2D eigenvalue weighted by Gasteiger charge is -2.32. The lowest BCUT2D eigenvalue weighted by atomic mass is 9.97. The van der Waals surface area contributed by atoms with Crippen LogP contribution in [0.5, 0.6) is 11.5 Å². The summed E-state index contributed by atoms with van der Waals surface area (Å²) in [5.74, 6) is 2.86. The van der Waals surface area contributed by atoms with Crippen LogP contribution in [0.15, 0.2) is 60.8 Å². The number of nitrogens with zero attached hydrogens (tertiary/aromatic N) is 3. The second kappa shape index (κ2) is 10.7. The van der Waals surface area contributed by atoms with Gasteiger partial charge in [0.1, 0.15) is 17.3 Å². The van der Waals surface area contributed by atoms with Gasteiger partial charge >= 0.3 is 0 Å². The highest BCUT2D eigenvalue weighted by Gasteiger charge is 2.27. The van der Waals surface area contributed by atoms with Gasteiger partial charge in [-0.15, -0.1) is 0 Å². The average molecular weight is 448 g/mol. The molecule has 8 nitrogen and oxygen atoms in total. The number of piperidine rings is 1. The van der Waals surface area contributed by atoms with Crippen LogP contribution in [0.3, 0.4) is 0 Å². The minimum absolute atomic E-state index is 0.0510. The monoisotopic (exact) mass is 447 g/mol. The third kappa shape index (κ3) is 5.91. The number of carbonyl (C=O) groups is 1. The van der Waals surface area contributed by atoms with Gasteiger partial charge in [0, 0.05) is 31.5 Å². The molecule has 0 saturated carbocycles. The van der Waals surface area contributed by atoms with Crippen molar-refractivity contribution in [2.45, 2.75) is 19.4 Å². The number of methoxy groups -OCH3 is 2. The minimum Gasteiger partial charge on any atom is -0.497 e. The molecule has 1 aromatic heterocycles. The molecule has 1 fully saturated rings. The van der Waals surface area contributed by atoms with E-state index in [2.05, 4.69) is 25.5 Å². The Balaban J connectivity index is 1.36. The summed E-state index contributed by atoms with van der Waals surface area (Å²) in [6.45, 7) is 1.89. The average Bonchev–Trinajstić information content (AvgIpc) is 2.88. The molecule has 0 radical (unpaired) electrons. The Hall–Kier alpha value is -3.81. The van der Waals surface area contributed by atoms with Gasteiger partial charge in [-0.1, -0.05) is 12.1 Å². The summed E-state index contributed by atoms with van der Waals surface area (Å²) in [6, 6.07) is 17.2. The van der Waals surface area contributed by atoms with E-state index in [0.717, 1.165) is 42.1 Å². The predicted octanol–water partition coefficient (Wildman–Crippen LogP) is 3.77. The van der Waals surface area contributed by atoms with Crippen molar-refractivity contribution in [3.63, 3.8) is 0 Å². The SMILES string of the molecule is COc1ccc(Nc2ccnc(N3CCCC(C(=O)NCc4cccc(OC)c4)C3)n2)cc1. The molecule has 1 saturated heterocycles. The molecule has 2 N–H and O–H groups in total. The van der Waals surface area contributed by atoms with Gasteiger partial charge in [0.2, 0.25) is 11.9 Å². The Labute approximate surface area is 194 Å². The number of rotatable bonds is 8. The zero-order valence-corrected chi connectivity index (χ0v) is 19.0. The molecule has 4 rings (SSSR count). The van der Waals surface area contributed by atoms with Crippen LogP contribution >= 0.6 is 0 Å². The molecule has 2 aromatic carbocycles. The molecular formula is C25H29N5O3. The molecule has 3 aromatic rings. The van der Waals surface area contributed by atoms with Gasteiger partial charge in [-0.2, -0.15) is 4.98 Å². The van der Waals surface area contributed by atoms with E-state index in [0.29, 0.717) is 24.9 Å². The van der Waals surface area contributed by atoms with Gasteiger partial charge in [-0.05, 0) is 60.9 Å². The number of aromatic nitrogens is 2. The number of ether oxygens (including phenoxy) is 2. The number of amides is 1. The van der Waals surface area contributed by atoms with Crippen molar-refractivity contribution in [1.29, 1.82) is 0 Å². The number of hydrogen-bond acceptors (Lipinski definition) is 7. The van der Waals surface area contributed by atoms with Crippen molar-refractivity contribution in [3.8, 4) is 11.5 Å². The highest BCUT2D eigenvalue weighted by atomic mass is 16.5. The van der Waals surface area contributed by atoms with Crippen molar-refractivity contribution in [2.24, 2.45) is 5.92 Å². The number of carbonyl (C=O) groups excluding carboxylic acids is 1. The van der Waals surface area contributed by atoms with Crippen LogP contribution in [0, 0.1) is 5.92 Å². The summed E-state index contributed by atoms with van der Waals surface area (Å²) >= 11 is 0.